The summed E-state index contributed by atoms with van der Waals surface area (Å²) in [6.07, 6.45) is 6.78. The van der Waals surface area contributed by atoms with Crippen molar-refractivity contribution in [3.8, 4) is 0 Å². The Kier molecular flexibility index (Phi) is 4.87. The maximum absolute atomic E-state index is 5.49. The van der Waals surface area contributed by atoms with Crippen molar-refractivity contribution in [3.63, 3.8) is 0 Å². The van der Waals surface area contributed by atoms with E-state index >= 15 is 0 Å². The van der Waals surface area contributed by atoms with Gasteiger partial charge in [-0.25, -0.2) is 0 Å². The van der Waals surface area contributed by atoms with Gasteiger partial charge in [0.15, 0.2) is 0 Å². The molecule has 17 heavy (non-hydrogen) atoms. The highest BCUT2D eigenvalue weighted by molar-refractivity contribution is 4.88. The second kappa shape index (κ2) is 6.19. The Morgan fingerprint density at radius 3 is 2.24 bits per heavy atom. The van der Waals surface area contributed by atoms with Gasteiger partial charge in [0, 0.05) is 19.3 Å². The number of hydrogen-bond acceptors (Lipinski definition) is 2. The molecule has 1 aliphatic heterocycles. The third kappa shape index (κ3) is 3.23. The Bertz CT molecular complexity index is 225. The normalized spacial score (nSPS) is 37.9. The molecule has 0 aromatic heterocycles. The van der Waals surface area contributed by atoms with E-state index in [0.29, 0.717) is 0 Å². The van der Waals surface area contributed by atoms with Gasteiger partial charge in [-0.15, -0.1) is 0 Å². The zero-order valence-electron chi connectivity index (χ0n) is 11.7. The summed E-state index contributed by atoms with van der Waals surface area (Å²) in [4.78, 5) is 0. The van der Waals surface area contributed by atoms with Gasteiger partial charge in [0.1, 0.15) is 0 Å². The van der Waals surface area contributed by atoms with Crippen LogP contribution in [0.25, 0.3) is 0 Å². The molecular formula is C15H29NO. The minimum Gasteiger partial charge on any atom is -0.381 e. The van der Waals surface area contributed by atoms with Crippen molar-refractivity contribution in [2.45, 2.75) is 52.0 Å². The Morgan fingerprint density at radius 2 is 1.65 bits per heavy atom. The molecule has 1 heterocycles. The lowest BCUT2D eigenvalue weighted by atomic mass is 9.70. The molecule has 0 aromatic rings. The third-order valence-corrected chi connectivity index (χ3v) is 5.25. The van der Waals surface area contributed by atoms with E-state index in [1.54, 1.807) is 0 Å². The van der Waals surface area contributed by atoms with Gasteiger partial charge in [0.05, 0.1) is 0 Å². The monoisotopic (exact) mass is 239 g/mol. The van der Waals surface area contributed by atoms with Crippen molar-refractivity contribution >= 4 is 0 Å². The fourth-order valence-electron chi connectivity index (χ4n) is 3.85. The van der Waals surface area contributed by atoms with E-state index in [9.17, 15) is 0 Å². The van der Waals surface area contributed by atoms with E-state index in [1.165, 1.54) is 32.1 Å². The van der Waals surface area contributed by atoms with Crippen molar-refractivity contribution in [3.05, 3.63) is 0 Å². The molecule has 2 rings (SSSR count). The maximum atomic E-state index is 5.49. The van der Waals surface area contributed by atoms with Gasteiger partial charge in [-0.2, -0.15) is 0 Å². The summed E-state index contributed by atoms with van der Waals surface area (Å²) >= 11 is 0. The average molecular weight is 239 g/mol. The summed E-state index contributed by atoms with van der Waals surface area (Å²) in [5.41, 5.74) is 0. The molecule has 2 fully saturated rings. The molecule has 100 valence electrons. The predicted octanol–water partition coefficient (Wildman–Crippen LogP) is 3.07. The number of hydrogen-bond donors (Lipinski definition) is 1. The van der Waals surface area contributed by atoms with Gasteiger partial charge < -0.3 is 10.1 Å². The molecule has 1 saturated heterocycles. The van der Waals surface area contributed by atoms with Crippen LogP contribution in [0.1, 0.15) is 46.0 Å². The highest BCUT2D eigenvalue weighted by Gasteiger charge is 2.34. The summed E-state index contributed by atoms with van der Waals surface area (Å²) in [7, 11) is 2.16. The lowest BCUT2D eigenvalue weighted by molar-refractivity contribution is 0.0361. The van der Waals surface area contributed by atoms with Crippen LogP contribution < -0.4 is 5.32 Å². The molecule has 4 atom stereocenters. The highest BCUT2D eigenvalue weighted by atomic mass is 16.5. The van der Waals surface area contributed by atoms with Crippen LogP contribution in [0.15, 0.2) is 0 Å². The van der Waals surface area contributed by atoms with Gasteiger partial charge in [-0.05, 0) is 56.4 Å². The van der Waals surface area contributed by atoms with Crippen molar-refractivity contribution in [2.75, 3.05) is 20.3 Å². The minimum absolute atomic E-state index is 0.730. The Morgan fingerprint density at radius 1 is 0.941 bits per heavy atom. The minimum atomic E-state index is 0.730. The predicted molar refractivity (Wildman–Crippen MR) is 72.1 cm³/mol. The van der Waals surface area contributed by atoms with Crippen LogP contribution in [0, 0.1) is 23.7 Å². The van der Waals surface area contributed by atoms with Crippen molar-refractivity contribution in [1.82, 2.24) is 5.32 Å². The molecule has 4 unspecified atom stereocenters. The summed E-state index contributed by atoms with van der Waals surface area (Å²) in [5, 5.41) is 3.62. The fourth-order valence-corrected chi connectivity index (χ4v) is 3.85. The molecule has 0 spiro atoms. The molecular weight excluding hydrogens is 210 g/mol. The number of ether oxygens (including phenoxy) is 1. The molecule has 2 heteroatoms. The molecule has 0 aromatic carbocycles. The van der Waals surface area contributed by atoms with Crippen molar-refractivity contribution in [1.29, 1.82) is 0 Å². The van der Waals surface area contributed by atoms with Crippen LogP contribution >= 0.6 is 0 Å². The SMILES string of the molecule is CNC(C1CCOCC1)C1CCC(C)C(C)C1. The number of rotatable bonds is 3. The first-order valence-corrected chi connectivity index (χ1v) is 7.47. The lowest BCUT2D eigenvalue weighted by Gasteiger charge is -2.41. The lowest BCUT2D eigenvalue weighted by Crippen LogP contribution is -2.44. The zero-order valence-corrected chi connectivity index (χ0v) is 11.7. The summed E-state index contributed by atoms with van der Waals surface area (Å²) in [6, 6.07) is 0.730. The number of nitrogens with one attached hydrogen (secondary N) is 1. The zero-order chi connectivity index (χ0) is 12.3. The summed E-state index contributed by atoms with van der Waals surface area (Å²) in [5.74, 6) is 3.58. The largest absolute Gasteiger partial charge is 0.381 e. The first-order valence-electron chi connectivity index (χ1n) is 7.47. The molecule has 2 nitrogen and oxygen atoms in total. The molecule has 0 amide bonds. The van der Waals surface area contributed by atoms with Crippen LogP contribution in [0.3, 0.4) is 0 Å². The van der Waals surface area contributed by atoms with Crippen LogP contribution in [0.4, 0.5) is 0 Å². The van der Waals surface area contributed by atoms with E-state index in [1.807, 2.05) is 0 Å². The van der Waals surface area contributed by atoms with E-state index in [2.05, 4.69) is 26.2 Å². The first-order chi connectivity index (χ1) is 8.22. The Labute approximate surface area is 107 Å². The third-order valence-electron chi connectivity index (χ3n) is 5.25. The molecule has 0 radical (unpaired) electrons. The molecule has 0 bridgehead atoms. The van der Waals surface area contributed by atoms with E-state index in [4.69, 9.17) is 4.74 Å². The Hall–Kier alpha value is -0.0800. The van der Waals surface area contributed by atoms with E-state index in [-0.39, 0.29) is 0 Å². The van der Waals surface area contributed by atoms with Gasteiger partial charge in [0.2, 0.25) is 0 Å². The second-order valence-electron chi connectivity index (χ2n) is 6.29. The van der Waals surface area contributed by atoms with Crippen LogP contribution in [-0.4, -0.2) is 26.3 Å². The molecule has 1 aliphatic carbocycles. The molecule has 1 saturated carbocycles. The van der Waals surface area contributed by atoms with Crippen LogP contribution in [-0.2, 0) is 4.74 Å². The van der Waals surface area contributed by atoms with E-state index in [0.717, 1.165) is 42.9 Å². The van der Waals surface area contributed by atoms with Gasteiger partial charge in [-0.3, -0.25) is 0 Å². The smallest absolute Gasteiger partial charge is 0.0469 e. The van der Waals surface area contributed by atoms with Crippen LogP contribution in [0.2, 0.25) is 0 Å². The van der Waals surface area contributed by atoms with Gasteiger partial charge >= 0.3 is 0 Å². The molecule has 1 N–H and O–H groups in total. The highest BCUT2D eigenvalue weighted by Crippen LogP contribution is 2.38. The van der Waals surface area contributed by atoms with Gasteiger partial charge in [0.25, 0.3) is 0 Å². The van der Waals surface area contributed by atoms with Gasteiger partial charge in [-0.1, -0.05) is 20.3 Å². The van der Waals surface area contributed by atoms with Crippen molar-refractivity contribution in [2.24, 2.45) is 23.7 Å². The van der Waals surface area contributed by atoms with Crippen molar-refractivity contribution < 1.29 is 4.74 Å². The van der Waals surface area contributed by atoms with E-state index < -0.39 is 0 Å². The topological polar surface area (TPSA) is 21.3 Å². The maximum Gasteiger partial charge on any atom is 0.0469 e. The standard InChI is InChI=1S/C15H29NO/c1-11-4-5-14(10-12(11)2)15(16-3)13-6-8-17-9-7-13/h11-16H,4-10H2,1-3H3. The quantitative estimate of drug-likeness (QED) is 0.817. The average Bonchev–Trinajstić information content (AvgIpc) is 2.36. The molecule has 2 aliphatic rings. The second-order valence-corrected chi connectivity index (χ2v) is 6.29. The van der Waals surface area contributed by atoms with Crippen LogP contribution in [0.5, 0.6) is 0 Å². The fraction of sp³-hybridized carbons (Fsp3) is 1.00. The summed E-state index contributed by atoms with van der Waals surface area (Å²) in [6.45, 7) is 6.81. The Balaban J connectivity index is 1.93. The summed E-state index contributed by atoms with van der Waals surface area (Å²) < 4.78 is 5.49. The first kappa shape index (κ1) is 13.4.